The fraction of sp³-hybridized carbons (Fsp3) is 0.200. The maximum atomic E-state index is 11.6. The van der Waals surface area contributed by atoms with Crippen LogP contribution in [0.5, 0.6) is 0 Å². The van der Waals surface area contributed by atoms with Crippen LogP contribution in [0, 0.1) is 6.92 Å². The van der Waals surface area contributed by atoms with Gasteiger partial charge in [-0.3, -0.25) is 4.79 Å². The van der Waals surface area contributed by atoms with E-state index in [1.807, 2.05) is 78.9 Å². The van der Waals surface area contributed by atoms with Crippen LogP contribution in [0.2, 0.25) is 0 Å². The lowest BCUT2D eigenvalue weighted by atomic mass is 9.93. The predicted octanol–water partition coefficient (Wildman–Crippen LogP) is 5.49. The van der Waals surface area contributed by atoms with Gasteiger partial charge in [0.1, 0.15) is 0 Å². The lowest BCUT2D eigenvalue weighted by molar-refractivity contribution is -0.140. The SMILES string of the molecule is Cc1noc(-c2ccc(-c3ccc(C4(C(=O)O)CC4)cc3)cc2)c1C(O)c1nnc(Cc2ccccc2)o1. The van der Waals surface area contributed by atoms with Crippen LogP contribution in [-0.4, -0.2) is 31.5 Å². The van der Waals surface area contributed by atoms with E-state index >= 15 is 0 Å². The molecule has 1 aliphatic carbocycles. The van der Waals surface area contributed by atoms with Crippen LogP contribution in [0.25, 0.3) is 22.5 Å². The number of hydrogen-bond acceptors (Lipinski definition) is 7. The highest BCUT2D eigenvalue weighted by molar-refractivity contribution is 5.85. The van der Waals surface area contributed by atoms with Gasteiger partial charge in [0, 0.05) is 5.56 Å². The van der Waals surface area contributed by atoms with Crippen molar-refractivity contribution in [3.05, 3.63) is 113 Å². The summed E-state index contributed by atoms with van der Waals surface area (Å²) in [5, 5.41) is 32.9. The lowest BCUT2D eigenvalue weighted by Crippen LogP contribution is -2.19. The van der Waals surface area contributed by atoms with E-state index in [0.29, 0.717) is 42.2 Å². The highest BCUT2D eigenvalue weighted by Gasteiger charge is 2.51. The van der Waals surface area contributed by atoms with Gasteiger partial charge < -0.3 is 19.2 Å². The van der Waals surface area contributed by atoms with Crippen molar-refractivity contribution in [2.24, 2.45) is 0 Å². The van der Waals surface area contributed by atoms with Gasteiger partial charge in [0.05, 0.1) is 23.1 Å². The molecule has 38 heavy (non-hydrogen) atoms. The van der Waals surface area contributed by atoms with E-state index in [4.69, 9.17) is 8.94 Å². The van der Waals surface area contributed by atoms with Crippen molar-refractivity contribution in [3.63, 3.8) is 0 Å². The number of aromatic nitrogens is 3. The second-order valence-corrected chi connectivity index (χ2v) is 9.65. The second-order valence-electron chi connectivity index (χ2n) is 9.65. The maximum Gasteiger partial charge on any atom is 0.314 e. The molecule has 0 bridgehead atoms. The first kappa shape index (κ1) is 23.8. The van der Waals surface area contributed by atoms with E-state index in [9.17, 15) is 15.0 Å². The minimum Gasteiger partial charge on any atom is -0.481 e. The van der Waals surface area contributed by atoms with Crippen molar-refractivity contribution < 1.29 is 23.9 Å². The summed E-state index contributed by atoms with van der Waals surface area (Å²) in [7, 11) is 0. The molecule has 1 atom stereocenters. The van der Waals surface area contributed by atoms with E-state index in [1.54, 1.807) is 6.92 Å². The van der Waals surface area contributed by atoms with Crippen LogP contribution in [0.4, 0.5) is 0 Å². The molecule has 2 N–H and O–H groups in total. The Hall–Kier alpha value is -4.56. The average molecular weight is 508 g/mol. The third kappa shape index (κ3) is 4.29. The number of carboxylic acids is 1. The summed E-state index contributed by atoms with van der Waals surface area (Å²) in [6.07, 6.45) is 0.637. The molecular weight excluding hydrogens is 482 g/mol. The molecule has 0 aliphatic heterocycles. The van der Waals surface area contributed by atoms with E-state index in [-0.39, 0.29) is 5.89 Å². The molecule has 2 heterocycles. The van der Waals surface area contributed by atoms with Gasteiger partial charge in [-0.15, -0.1) is 10.2 Å². The van der Waals surface area contributed by atoms with Crippen molar-refractivity contribution in [2.45, 2.75) is 37.7 Å². The van der Waals surface area contributed by atoms with Crippen molar-refractivity contribution in [3.8, 4) is 22.5 Å². The van der Waals surface area contributed by atoms with E-state index < -0.39 is 17.5 Å². The molecule has 1 unspecified atom stereocenters. The molecule has 1 fully saturated rings. The zero-order chi connectivity index (χ0) is 26.3. The van der Waals surface area contributed by atoms with Crippen LogP contribution in [-0.2, 0) is 16.6 Å². The Morgan fingerprint density at radius 1 is 0.921 bits per heavy atom. The second kappa shape index (κ2) is 9.39. The van der Waals surface area contributed by atoms with Crippen molar-refractivity contribution in [2.75, 3.05) is 0 Å². The third-order valence-electron chi connectivity index (χ3n) is 7.17. The largest absolute Gasteiger partial charge is 0.481 e. The number of hydrogen-bond donors (Lipinski definition) is 2. The number of aryl methyl sites for hydroxylation is 1. The van der Waals surface area contributed by atoms with Gasteiger partial charge in [0.15, 0.2) is 11.9 Å². The van der Waals surface area contributed by atoms with Crippen LogP contribution in [0.15, 0.2) is 87.8 Å². The molecule has 190 valence electrons. The van der Waals surface area contributed by atoms with Crippen LogP contribution < -0.4 is 0 Å². The van der Waals surface area contributed by atoms with Gasteiger partial charge >= 0.3 is 5.97 Å². The molecule has 3 aromatic carbocycles. The number of aliphatic hydroxyl groups excluding tert-OH is 1. The van der Waals surface area contributed by atoms with E-state index in [0.717, 1.165) is 27.8 Å². The highest BCUT2D eigenvalue weighted by atomic mass is 16.5. The summed E-state index contributed by atoms with van der Waals surface area (Å²) < 4.78 is 11.4. The number of aliphatic hydroxyl groups is 1. The number of benzene rings is 3. The topological polar surface area (TPSA) is 122 Å². The number of aliphatic carboxylic acids is 1. The van der Waals surface area contributed by atoms with E-state index in [1.165, 1.54) is 0 Å². The molecular formula is C30H25N3O5. The summed E-state index contributed by atoms with van der Waals surface area (Å²) in [6.45, 7) is 1.76. The monoisotopic (exact) mass is 507 g/mol. The normalized spacial score (nSPS) is 14.8. The number of carboxylic acid groups (broad SMARTS) is 1. The molecule has 6 rings (SSSR count). The quantitative estimate of drug-likeness (QED) is 0.283. The first-order valence-corrected chi connectivity index (χ1v) is 12.4. The molecule has 1 saturated carbocycles. The van der Waals surface area contributed by atoms with Gasteiger partial charge in [-0.25, -0.2) is 0 Å². The van der Waals surface area contributed by atoms with Crippen LogP contribution in [0.3, 0.4) is 0 Å². The summed E-state index contributed by atoms with van der Waals surface area (Å²) in [6, 6.07) is 25.2. The van der Waals surface area contributed by atoms with Gasteiger partial charge in [-0.1, -0.05) is 84.0 Å². The summed E-state index contributed by atoms with van der Waals surface area (Å²) in [4.78, 5) is 11.6. The number of rotatable bonds is 8. The first-order valence-electron chi connectivity index (χ1n) is 12.4. The minimum atomic E-state index is -1.19. The average Bonchev–Trinajstić information content (AvgIpc) is 3.49. The van der Waals surface area contributed by atoms with Crippen molar-refractivity contribution in [1.82, 2.24) is 15.4 Å². The van der Waals surface area contributed by atoms with Gasteiger partial charge in [-0.2, -0.15) is 0 Å². The molecule has 1 aliphatic rings. The fourth-order valence-corrected chi connectivity index (χ4v) is 4.80. The lowest BCUT2D eigenvalue weighted by Gasteiger charge is -2.11. The molecule has 2 aromatic heterocycles. The summed E-state index contributed by atoms with van der Waals surface area (Å²) >= 11 is 0. The Bertz CT molecular complexity index is 1580. The van der Waals surface area contributed by atoms with Gasteiger partial charge in [0.2, 0.25) is 11.8 Å². The van der Waals surface area contributed by atoms with Crippen LogP contribution in [0.1, 0.15) is 53.1 Å². The maximum absolute atomic E-state index is 11.6. The summed E-state index contributed by atoms with van der Waals surface area (Å²) in [5.41, 5.74) is 4.85. The Balaban J connectivity index is 1.22. The Morgan fingerprint density at radius 2 is 1.55 bits per heavy atom. The fourth-order valence-electron chi connectivity index (χ4n) is 4.80. The Morgan fingerprint density at radius 3 is 2.18 bits per heavy atom. The number of nitrogens with zero attached hydrogens (tertiary/aromatic N) is 3. The van der Waals surface area contributed by atoms with Crippen molar-refractivity contribution >= 4 is 5.97 Å². The smallest absolute Gasteiger partial charge is 0.314 e. The predicted molar refractivity (Wildman–Crippen MR) is 138 cm³/mol. The van der Waals surface area contributed by atoms with Gasteiger partial charge in [-0.05, 0) is 42.0 Å². The van der Waals surface area contributed by atoms with Crippen molar-refractivity contribution in [1.29, 1.82) is 0 Å². The highest BCUT2D eigenvalue weighted by Crippen LogP contribution is 2.48. The minimum absolute atomic E-state index is 0.0787. The Kier molecular flexibility index (Phi) is 5.88. The van der Waals surface area contributed by atoms with E-state index in [2.05, 4.69) is 15.4 Å². The zero-order valence-electron chi connectivity index (χ0n) is 20.7. The molecule has 0 saturated heterocycles. The standard InChI is InChI=1S/C30H25N3O5/c1-18-25(26(34)28-32-31-24(37-28)17-19-5-3-2-4-6-19)27(38-33-18)22-9-7-20(8-10-22)21-11-13-23(14-12-21)30(15-16-30)29(35)36/h2-14,26,34H,15-17H2,1H3,(H,35,36). The molecule has 0 spiro atoms. The molecule has 0 radical (unpaired) electrons. The first-order chi connectivity index (χ1) is 18.4. The number of carbonyl (C=O) groups is 1. The third-order valence-corrected chi connectivity index (χ3v) is 7.17. The zero-order valence-corrected chi connectivity index (χ0v) is 20.7. The molecule has 8 heteroatoms. The molecule has 0 amide bonds. The van der Waals surface area contributed by atoms with Gasteiger partial charge in [0.25, 0.3) is 0 Å². The van der Waals surface area contributed by atoms with Crippen LogP contribution >= 0.6 is 0 Å². The Labute approximate surface area is 218 Å². The molecule has 8 nitrogen and oxygen atoms in total. The summed E-state index contributed by atoms with van der Waals surface area (Å²) in [5.74, 6) is 0.155. The molecule has 5 aromatic rings.